The van der Waals surface area contributed by atoms with Crippen molar-refractivity contribution in [3.63, 3.8) is 0 Å². The van der Waals surface area contributed by atoms with Gasteiger partial charge in [-0.3, -0.25) is 4.79 Å². The molecule has 1 amide bonds. The number of allylic oxidation sites excluding steroid dienone is 1. The number of carbonyl (C=O) groups is 1. The normalized spacial score (nSPS) is 17.2. The van der Waals surface area contributed by atoms with E-state index in [1.165, 1.54) is 11.1 Å². The van der Waals surface area contributed by atoms with Gasteiger partial charge < -0.3 is 9.47 Å². The number of fused-ring (bicyclic) bond motifs is 1. The quantitative estimate of drug-likeness (QED) is 0.659. The van der Waals surface area contributed by atoms with Crippen molar-refractivity contribution in [3.8, 4) is 0 Å². The molecule has 2 heterocycles. The van der Waals surface area contributed by atoms with Gasteiger partial charge in [-0.05, 0) is 43.2 Å². The minimum atomic E-state index is 0.0924. The number of benzene rings is 2. The highest BCUT2D eigenvalue weighted by molar-refractivity contribution is 5.97. The van der Waals surface area contributed by atoms with Gasteiger partial charge in [0.05, 0.1) is 11.0 Å². The zero-order valence-electron chi connectivity index (χ0n) is 15.3. The highest BCUT2D eigenvalue weighted by Crippen LogP contribution is 2.35. The van der Waals surface area contributed by atoms with Gasteiger partial charge in [0.2, 0.25) is 5.91 Å². The first-order chi connectivity index (χ1) is 12.6. The maximum atomic E-state index is 12.8. The molecule has 4 nitrogen and oxygen atoms in total. The van der Waals surface area contributed by atoms with E-state index >= 15 is 0 Å². The predicted octanol–water partition coefficient (Wildman–Crippen LogP) is 4.36. The molecule has 132 valence electrons. The zero-order chi connectivity index (χ0) is 18.3. The fraction of sp³-hybridized carbons (Fsp3) is 0.273. The van der Waals surface area contributed by atoms with E-state index in [-0.39, 0.29) is 11.8 Å². The molecule has 4 heteroatoms. The number of amides is 1. The SMILES string of the molecule is C=CCn1c(C2CC(=O)N(c3cccc(C)c3C)C2)nc2ccccc21. The van der Waals surface area contributed by atoms with Crippen LogP contribution in [-0.4, -0.2) is 22.0 Å². The Bertz CT molecular complexity index is 1000. The van der Waals surface area contributed by atoms with Crippen LogP contribution in [-0.2, 0) is 11.3 Å². The minimum Gasteiger partial charge on any atom is -0.324 e. The summed E-state index contributed by atoms with van der Waals surface area (Å²) in [5, 5.41) is 0. The van der Waals surface area contributed by atoms with E-state index in [1.807, 2.05) is 41.3 Å². The van der Waals surface area contributed by atoms with E-state index in [1.54, 1.807) is 0 Å². The number of para-hydroxylation sites is 2. The van der Waals surface area contributed by atoms with Crippen molar-refractivity contribution in [2.24, 2.45) is 0 Å². The molecule has 1 aromatic heterocycles. The Kier molecular flexibility index (Phi) is 4.11. The number of rotatable bonds is 4. The largest absolute Gasteiger partial charge is 0.324 e. The van der Waals surface area contributed by atoms with Gasteiger partial charge in [0.15, 0.2) is 0 Å². The number of aryl methyl sites for hydroxylation is 1. The minimum absolute atomic E-state index is 0.0924. The zero-order valence-corrected chi connectivity index (χ0v) is 15.3. The van der Waals surface area contributed by atoms with Crippen LogP contribution in [0, 0.1) is 13.8 Å². The monoisotopic (exact) mass is 345 g/mol. The standard InChI is InChI=1S/C22H23N3O/c1-4-12-24-20-10-6-5-9-18(20)23-22(24)17-13-21(26)25(14-17)19-11-7-8-15(2)16(19)3/h4-11,17H,1,12-14H2,2-3H3. The molecule has 0 spiro atoms. The molecule has 4 rings (SSSR count). The molecule has 1 aliphatic rings. The van der Waals surface area contributed by atoms with E-state index in [0.717, 1.165) is 22.5 Å². The van der Waals surface area contributed by atoms with Crippen LogP contribution in [0.4, 0.5) is 5.69 Å². The summed E-state index contributed by atoms with van der Waals surface area (Å²) >= 11 is 0. The molecule has 0 N–H and O–H groups in total. The van der Waals surface area contributed by atoms with Gasteiger partial charge in [0.1, 0.15) is 5.82 Å². The first-order valence-electron chi connectivity index (χ1n) is 9.02. The van der Waals surface area contributed by atoms with Crippen LogP contribution in [0.25, 0.3) is 11.0 Å². The molecule has 3 aromatic rings. The Hall–Kier alpha value is -2.88. The van der Waals surface area contributed by atoms with Gasteiger partial charge >= 0.3 is 0 Å². The number of nitrogens with zero attached hydrogens (tertiary/aromatic N) is 3. The molecule has 1 fully saturated rings. The van der Waals surface area contributed by atoms with Crippen LogP contribution in [0.15, 0.2) is 55.1 Å². The molecule has 1 unspecified atom stereocenters. The molecule has 0 saturated carbocycles. The third kappa shape index (κ3) is 2.62. The Morgan fingerprint density at radius 3 is 2.81 bits per heavy atom. The smallest absolute Gasteiger partial charge is 0.227 e. The van der Waals surface area contributed by atoms with E-state index in [0.29, 0.717) is 19.5 Å². The van der Waals surface area contributed by atoms with Crippen molar-refractivity contribution in [1.29, 1.82) is 0 Å². The summed E-state index contributed by atoms with van der Waals surface area (Å²) in [5.74, 6) is 1.24. The number of hydrogen-bond donors (Lipinski definition) is 0. The van der Waals surface area contributed by atoms with Gasteiger partial charge in [-0.15, -0.1) is 6.58 Å². The van der Waals surface area contributed by atoms with E-state index < -0.39 is 0 Å². The first-order valence-corrected chi connectivity index (χ1v) is 9.02. The molecule has 26 heavy (non-hydrogen) atoms. The Balaban J connectivity index is 1.73. The van der Waals surface area contributed by atoms with Crippen LogP contribution < -0.4 is 4.90 Å². The Morgan fingerprint density at radius 2 is 2.00 bits per heavy atom. The highest BCUT2D eigenvalue weighted by atomic mass is 16.2. The van der Waals surface area contributed by atoms with Gasteiger partial charge in [-0.25, -0.2) is 4.98 Å². The van der Waals surface area contributed by atoms with Crippen LogP contribution >= 0.6 is 0 Å². The second kappa shape index (κ2) is 6.45. The van der Waals surface area contributed by atoms with Gasteiger partial charge in [-0.2, -0.15) is 0 Å². The average molecular weight is 345 g/mol. The third-order valence-corrected chi connectivity index (χ3v) is 5.35. The Morgan fingerprint density at radius 1 is 1.19 bits per heavy atom. The lowest BCUT2D eigenvalue weighted by Crippen LogP contribution is -2.25. The van der Waals surface area contributed by atoms with E-state index in [4.69, 9.17) is 4.98 Å². The third-order valence-electron chi connectivity index (χ3n) is 5.35. The molecule has 1 atom stereocenters. The number of hydrogen-bond acceptors (Lipinski definition) is 2. The first kappa shape index (κ1) is 16.6. The van der Waals surface area contributed by atoms with Crippen molar-refractivity contribution in [3.05, 3.63) is 72.1 Å². The summed E-state index contributed by atoms with van der Waals surface area (Å²) in [6.07, 6.45) is 2.38. The summed E-state index contributed by atoms with van der Waals surface area (Å²) in [7, 11) is 0. The van der Waals surface area contributed by atoms with Crippen molar-refractivity contribution >= 4 is 22.6 Å². The lowest BCUT2D eigenvalue weighted by Gasteiger charge is -2.20. The number of aromatic nitrogens is 2. The molecule has 1 saturated heterocycles. The molecule has 0 aliphatic carbocycles. The molecule has 0 bridgehead atoms. The number of anilines is 1. The average Bonchev–Trinajstić information content (AvgIpc) is 3.19. The Labute approximate surface area is 153 Å². The maximum absolute atomic E-state index is 12.8. The van der Waals surface area contributed by atoms with Crippen molar-refractivity contribution in [2.75, 3.05) is 11.4 Å². The summed E-state index contributed by atoms with van der Waals surface area (Å²) in [6.45, 7) is 9.42. The van der Waals surface area contributed by atoms with Gasteiger partial charge in [0.25, 0.3) is 0 Å². The van der Waals surface area contributed by atoms with E-state index in [2.05, 4.69) is 37.1 Å². The predicted molar refractivity (Wildman–Crippen MR) is 106 cm³/mol. The fourth-order valence-electron chi connectivity index (χ4n) is 3.87. The molecule has 2 aromatic carbocycles. The van der Waals surface area contributed by atoms with Crippen molar-refractivity contribution < 1.29 is 4.79 Å². The van der Waals surface area contributed by atoms with E-state index in [9.17, 15) is 4.79 Å². The lowest BCUT2D eigenvalue weighted by atomic mass is 10.1. The van der Waals surface area contributed by atoms with Crippen LogP contribution in [0.5, 0.6) is 0 Å². The number of carbonyl (C=O) groups excluding carboxylic acids is 1. The number of imidazole rings is 1. The summed E-state index contributed by atoms with van der Waals surface area (Å²) in [6, 6.07) is 14.3. The van der Waals surface area contributed by atoms with Crippen LogP contribution in [0.2, 0.25) is 0 Å². The second-order valence-electron chi connectivity index (χ2n) is 6.98. The van der Waals surface area contributed by atoms with Crippen molar-refractivity contribution in [2.45, 2.75) is 32.7 Å². The summed E-state index contributed by atoms with van der Waals surface area (Å²) in [4.78, 5) is 19.5. The van der Waals surface area contributed by atoms with Crippen molar-refractivity contribution in [1.82, 2.24) is 9.55 Å². The second-order valence-corrected chi connectivity index (χ2v) is 6.98. The molecule has 0 radical (unpaired) electrons. The molecular formula is C22H23N3O. The molecular weight excluding hydrogens is 322 g/mol. The summed E-state index contributed by atoms with van der Waals surface area (Å²) < 4.78 is 2.19. The maximum Gasteiger partial charge on any atom is 0.227 e. The highest BCUT2D eigenvalue weighted by Gasteiger charge is 2.35. The van der Waals surface area contributed by atoms with Crippen LogP contribution in [0.1, 0.15) is 29.3 Å². The van der Waals surface area contributed by atoms with Gasteiger partial charge in [0, 0.05) is 31.1 Å². The molecule has 1 aliphatic heterocycles. The van der Waals surface area contributed by atoms with Crippen LogP contribution in [0.3, 0.4) is 0 Å². The fourth-order valence-corrected chi connectivity index (χ4v) is 3.87. The lowest BCUT2D eigenvalue weighted by molar-refractivity contribution is -0.117. The topological polar surface area (TPSA) is 38.1 Å². The summed E-state index contributed by atoms with van der Waals surface area (Å²) in [5.41, 5.74) is 5.46. The van der Waals surface area contributed by atoms with Gasteiger partial charge in [-0.1, -0.05) is 30.3 Å².